The van der Waals surface area contributed by atoms with Crippen molar-refractivity contribution in [3.63, 3.8) is 0 Å². The first-order valence-corrected chi connectivity index (χ1v) is 12.5. The van der Waals surface area contributed by atoms with E-state index in [2.05, 4.69) is 15.5 Å². The Kier molecular flexibility index (Phi) is 6.29. The first kappa shape index (κ1) is 22.1. The zero-order chi connectivity index (χ0) is 23.5. The van der Waals surface area contributed by atoms with Gasteiger partial charge in [-0.1, -0.05) is 71.1 Å². The fraction of sp³-hybridized carbons (Fsp3) is 0.120. The molecule has 0 spiro atoms. The number of thiazole rings is 1. The van der Waals surface area contributed by atoms with Crippen molar-refractivity contribution in [2.75, 3.05) is 11.1 Å². The van der Waals surface area contributed by atoms with Gasteiger partial charge in [0, 0.05) is 11.4 Å². The second-order valence-corrected chi connectivity index (χ2v) is 9.63. The highest BCUT2D eigenvalue weighted by Gasteiger charge is 2.18. The van der Waals surface area contributed by atoms with Crippen LogP contribution in [0.25, 0.3) is 15.9 Å². The highest BCUT2D eigenvalue weighted by atomic mass is 32.2. The Bertz CT molecular complexity index is 1500. The lowest BCUT2D eigenvalue weighted by atomic mass is 10.2. The predicted molar refractivity (Wildman–Crippen MR) is 137 cm³/mol. The largest absolute Gasteiger partial charge is 0.325 e. The average Bonchev–Trinajstić information content (AvgIpc) is 3.40. The highest BCUT2D eigenvalue weighted by Crippen LogP contribution is 2.24. The summed E-state index contributed by atoms with van der Waals surface area (Å²) in [4.78, 5) is 25.2. The summed E-state index contributed by atoms with van der Waals surface area (Å²) in [6.07, 6.45) is 0. The molecule has 0 saturated heterocycles. The third-order valence-electron chi connectivity index (χ3n) is 5.26. The Morgan fingerprint density at radius 2 is 1.71 bits per heavy atom. The van der Waals surface area contributed by atoms with Gasteiger partial charge in [0.05, 0.1) is 22.5 Å². The molecule has 0 saturated carbocycles. The Labute approximate surface area is 204 Å². The van der Waals surface area contributed by atoms with E-state index in [1.165, 1.54) is 23.1 Å². The van der Waals surface area contributed by atoms with Crippen LogP contribution in [-0.4, -0.2) is 31.0 Å². The SMILES string of the molecule is Cc1ccc(NC(=O)CSc2nnc(Cn3c(=O)sc4ccccc43)n2-c2ccccc2)cc1. The minimum atomic E-state index is -0.127. The lowest BCUT2D eigenvalue weighted by Crippen LogP contribution is -2.17. The van der Waals surface area contributed by atoms with Gasteiger partial charge in [-0.15, -0.1) is 10.2 Å². The molecular weight excluding hydrogens is 466 g/mol. The molecule has 9 heteroatoms. The lowest BCUT2D eigenvalue weighted by molar-refractivity contribution is -0.113. The minimum Gasteiger partial charge on any atom is -0.325 e. The van der Waals surface area contributed by atoms with Gasteiger partial charge in [-0.3, -0.25) is 18.7 Å². The molecule has 1 N–H and O–H groups in total. The van der Waals surface area contributed by atoms with Crippen molar-refractivity contribution in [2.45, 2.75) is 18.6 Å². The van der Waals surface area contributed by atoms with Gasteiger partial charge in [0.15, 0.2) is 11.0 Å². The lowest BCUT2D eigenvalue weighted by Gasteiger charge is -2.11. The van der Waals surface area contributed by atoms with E-state index in [1.807, 2.05) is 90.4 Å². The zero-order valence-corrected chi connectivity index (χ0v) is 20.0. The summed E-state index contributed by atoms with van der Waals surface area (Å²) >= 11 is 2.52. The van der Waals surface area contributed by atoms with E-state index >= 15 is 0 Å². The maximum absolute atomic E-state index is 12.7. The van der Waals surface area contributed by atoms with E-state index in [1.54, 1.807) is 4.57 Å². The molecule has 7 nitrogen and oxygen atoms in total. The van der Waals surface area contributed by atoms with Crippen molar-refractivity contribution in [3.8, 4) is 5.69 Å². The number of anilines is 1. The van der Waals surface area contributed by atoms with Gasteiger partial charge in [-0.2, -0.15) is 0 Å². The Morgan fingerprint density at radius 1 is 0.971 bits per heavy atom. The van der Waals surface area contributed by atoms with Crippen LogP contribution >= 0.6 is 23.1 Å². The van der Waals surface area contributed by atoms with Crippen LogP contribution in [0.15, 0.2) is 88.8 Å². The Hall–Kier alpha value is -3.69. The molecule has 0 aliphatic heterocycles. The number of carbonyl (C=O) groups excluding carboxylic acids is 1. The van der Waals surface area contributed by atoms with Gasteiger partial charge in [-0.05, 0) is 43.3 Å². The van der Waals surface area contributed by atoms with E-state index in [4.69, 9.17) is 0 Å². The zero-order valence-electron chi connectivity index (χ0n) is 18.3. The van der Waals surface area contributed by atoms with Crippen molar-refractivity contribution in [2.24, 2.45) is 0 Å². The van der Waals surface area contributed by atoms with Crippen LogP contribution in [0.1, 0.15) is 11.4 Å². The molecule has 0 unspecified atom stereocenters. The fourth-order valence-corrected chi connectivity index (χ4v) is 5.26. The molecule has 3 aromatic carbocycles. The van der Waals surface area contributed by atoms with E-state index < -0.39 is 0 Å². The number of nitrogens with zero attached hydrogens (tertiary/aromatic N) is 4. The van der Waals surface area contributed by atoms with Gasteiger partial charge < -0.3 is 5.32 Å². The highest BCUT2D eigenvalue weighted by molar-refractivity contribution is 7.99. The monoisotopic (exact) mass is 487 g/mol. The summed E-state index contributed by atoms with van der Waals surface area (Å²) in [5, 5.41) is 12.2. The summed E-state index contributed by atoms with van der Waals surface area (Å²) in [6.45, 7) is 2.28. The summed E-state index contributed by atoms with van der Waals surface area (Å²) in [7, 11) is 0. The predicted octanol–water partition coefficient (Wildman–Crippen LogP) is 4.73. The number of rotatable bonds is 7. The third kappa shape index (κ3) is 4.66. The molecular formula is C25H21N5O2S2. The quantitative estimate of drug-likeness (QED) is 0.336. The van der Waals surface area contributed by atoms with Crippen LogP contribution in [0.4, 0.5) is 5.69 Å². The number of carbonyl (C=O) groups is 1. The van der Waals surface area contributed by atoms with Gasteiger partial charge in [0.2, 0.25) is 5.91 Å². The first-order chi connectivity index (χ1) is 16.6. The molecule has 2 heterocycles. The number of aromatic nitrogens is 4. The standard InChI is InChI=1S/C25H21N5O2S2/c1-17-11-13-18(14-12-17)26-23(31)16-33-24-28-27-22(30(24)19-7-3-2-4-8-19)15-29-20-9-5-6-10-21(20)34-25(29)32/h2-14H,15-16H2,1H3,(H,26,31). The van der Waals surface area contributed by atoms with E-state index in [0.717, 1.165) is 27.2 Å². The smallest absolute Gasteiger partial charge is 0.308 e. The molecule has 170 valence electrons. The molecule has 2 aromatic heterocycles. The summed E-state index contributed by atoms with van der Waals surface area (Å²) in [6, 6.07) is 25.1. The summed E-state index contributed by atoms with van der Waals surface area (Å²) in [5.74, 6) is 0.677. The second-order valence-electron chi connectivity index (χ2n) is 7.69. The molecule has 34 heavy (non-hydrogen) atoms. The maximum atomic E-state index is 12.7. The molecule has 0 fully saturated rings. The third-order valence-corrected chi connectivity index (χ3v) is 7.14. The molecule has 0 aliphatic rings. The van der Waals surface area contributed by atoms with Gasteiger partial charge in [0.1, 0.15) is 0 Å². The number of amides is 1. The van der Waals surface area contributed by atoms with E-state index in [9.17, 15) is 9.59 Å². The van der Waals surface area contributed by atoms with E-state index in [0.29, 0.717) is 11.0 Å². The summed E-state index contributed by atoms with van der Waals surface area (Å²) in [5.41, 5.74) is 3.63. The van der Waals surface area contributed by atoms with Crippen LogP contribution in [0, 0.1) is 6.92 Å². The van der Waals surface area contributed by atoms with Crippen LogP contribution in [-0.2, 0) is 11.3 Å². The number of nitrogens with one attached hydrogen (secondary N) is 1. The number of aryl methyl sites for hydroxylation is 1. The normalized spacial score (nSPS) is 11.1. The number of benzene rings is 3. The Morgan fingerprint density at radius 3 is 2.50 bits per heavy atom. The molecule has 0 radical (unpaired) electrons. The van der Waals surface area contributed by atoms with Crippen molar-refractivity contribution in [3.05, 3.63) is 99.9 Å². The van der Waals surface area contributed by atoms with Crippen LogP contribution < -0.4 is 10.2 Å². The second kappa shape index (κ2) is 9.66. The van der Waals surface area contributed by atoms with Crippen molar-refractivity contribution < 1.29 is 4.79 Å². The van der Waals surface area contributed by atoms with Crippen molar-refractivity contribution in [1.82, 2.24) is 19.3 Å². The van der Waals surface area contributed by atoms with E-state index in [-0.39, 0.29) is 23.1 Å². The molecule has 5 rings (SSSR count). The van der Waals surface area contributed by atoms with Gasteiger partial charge >= 0.3 is 4.87 Å². The maximum Gasteiger partial charge on any atom is 0.308 e. The number of fused-ring (bicyclic) bond motifs is 1. The Balaban J connectivity index is 1.42. The molecule has 0 atom stereocenters. The fourth-order valence-electron chi connectivity index (χ4n) is 3.60. The number of hydrogen-bond acceptors (Lipinski definition) is 6. The first-order valence-electron chi connectivity index (χ1n) is 10.7. The molecule has 0 aliphatic carbocycles. The van der Waals surface area contributed by atoms with Crippen LogP contribution in [0.3, 0.4) is 0 Å². The molecule has 0 bridgehead atoms. The van der Waals surface area contributed by atoms with Crippen LogP contribution in [0.2, 0.25) is 0 Å². The summed E-state index contributed by atoms with van der Waals surface area (Å²) < 4.78 is 4.55. The van der Waals surface area contributed by atoms with Crippen molar-refractivity contribution in [1.29, 1.82) is 0 Å². The topological polar surface area (TPSA) is 81.8 Å². The molecule has 5 aromatic rings. The number of para-hydroxylation sites is 2. The minimum absolute atomic E-state index is 0.0458. The van der Waals surface area contributed by atoms with Gasteiger partial charge in [-0.25, -0.2) is 0 Å². The van der Waals surface area contributed by atoms with Gasteiger partial charge in [0.25, 0.3) is 0 Å². The van der Waals surface area contributed by atoms with Crippen LogP contribution in [0.5, 0.6) is 0 Å². The van der Waals surface area contributed by atoms with Crippen molar-refractivity contribution >= 4 is 44.9 Å². The number of hydrogen-bond donors (Lipinski definition) is 1. The number of thioether (sulfide) groups is 1. The average molecular weight is 488 g/mol. The molecule has 1 amide bonds.